The molecule has 4 N–H and O–H groups in total. The second kappa shape index (κ2) is 5.64. The highest BCUT2D eigenvalue weighted by atomic mass is 16.4. The monoisotopic (exact) mass is 250 g/mol. The smallest absolute Gasteiger partial charge is 0.304 e. The number of hydrogen-bond donors (Lipinski definition) is 3. The van der Waals surface area contributed by atoms with Crippen molar-refractivity contribution in [2.45, 2.75) is 25.7 Å². The van der Waals surface area contributed by atoms with Gasteiger partial charge >= 0.3 is 5.97 Å². The molecule has 0 aliphatic heterocycles. The summed E-state index contributed by atoms with van der Waals surface area (Å²) in [6, 6.07) is 7.11. The zero-order valence-electron chi connectivity index (χ0n) is 10.6. The topological polar surface area (TPSA) is 92.4 Å². The van der Waals surface area contributed by atoms with Gasteiger partial charge in [0.1, 0.15) is 0 Å². The molecule has 0 radical (unpaired) electrons. The van der Waals surface area contributed by atoms with Gasteiger partial charge in [-0.2, -0.15) is 0 Å². The van der Waals surface area contributed by atoms with Crippen molar-refractivity contribution < 1.29 is 14.7 Å². The van der Waals surface area contributed by atoms with Crippen LogP contribution in [0.1, 0.15) is 25.8 Å². The van der Waals surface area contributed by atoms with Gasteiger partial charge in [0.05, 0.1) is 6.42 Å². The van der Waals surface area contributed by atoms with E-state index in [0.29, 0.717) is 5.69 Å². The number of hydrogen-bond acceptors (Lipinski definition) is 3. The van der Waals surface area contributed by atoms with Crippen molar-refractivity contribution in [1.82, 2.24) is 0 Å². The Hall–Kier alpha value is -1.88. The van der Waals surface area contributed by atoms with Gasteiger partial charge in [-0.05, 0) is 17.7 Å². The molecule has 0 heterocycles. The lowest BCUT2D eigenvalue weighted by Gasteiger charge is -2.27. The quantitative estimate of drug-likeness (QED) is 0.735. The minimum atomic E-state index is -0.895. The van der Waals surface area contributed by atoms with Crippen LogP contribution in [0.25, 0.3) is 0 Å². The van der Waals surface area contributed by atoms with Crippen LogP contribution in [0, 0.1) is 0 Å². The summed E-state index contributed by atoms with van der Waals surface area (Å²) in [6.07, 6.45) is -0.0486. The van der Waals surface area contributed by atoms with E-state index in [9.17, 15) is 9.59 Å². The largest absolute Gasteiger partial charge is 0.481 e. The maximum atomic E-state index is 11.0. The zero-order chi connectivity index (χ0) is 13.8. The van der Waals surface area contributed by atoms with E-state index in [4.69, 9.17) is 10.8 Å². The molecule has 1 aromatic rings. The third-order valence-electron chi connectivity index (χ3n) is 2.87. The maximum Gasteiger partial charge on any atom is 0.304 e. The molecule has 0 aliphatic rings. The van der Waals surface area contributed by atoms with Crippen LogP contribution in [0.5, 0.6) is 0 Å². The van der Waals surface area contributed by atoms with E-state index in [1.165, 1.54) is 6.92 Å². The molecule has 1 unspecified atom stereocenters. The van der Waals surface area contributed by atoms with Gasteiger partial charge in [0.15, 0.2) is 0 Å². The van der Waals surface area contributed by atoms with Crippen molar-refractivity contribution in [3.05, 3.63) is 29.8 Å². The van der Waals surface area contributed by atoms with Gasteiger partial charge in [0.25, 0.3) is 0 Å². The van der Waals surface area contributed by atoms with Gasteiger partial charge < -0.3 is 16.2 Å². The molecule has 1 atom stereocenters. The average Bonchev–Trinajstić information content (AvgIpc) is 2.27. The van der Waals surface area contributed by atoms with Crippen LogP contribution in [0.2, 0.25) is 0 Å². The normalized spacial score (nSPS) is 13.7. The summed E-state index contributed by atoms with van der Waals surface area (Å²) in [5.41, 5.74) is 6.50. The summed E-state index contributed by atoms with van der Waals surface area (Å²) < 4.78 is 0. The Labute approximate surface area is 106 Å². The lowest BCUT2D eigenvalue weighted by atomic mass is 9.79. The standard InChI is InChI=1S/C13H18N2O3/c1-9(16)15-11-5-3-4-10(6-11)13(2,8-14)7-12(17)18/h3-6H,7-8,14H2,1-2H3,(H,15,16)(H,17,18). The fourth-order valence-electron chi connectivity index (χ4n) is 1.80. The second-order valence-corrected chi connectivity index (χ2v) is 4.60. The van der Waals surface area contributed by atoms with E-state index >= 15 is 0 Å². The average molecular weight is 250 g/mol. The molecule has 0 bridgehead atoms. The third kappa shape index (κ3) is 3.56. The fourth-order valence-corrected chi connectivity index (χ4v) is 1.80. The van der Waals surface area contributed by atoms with E-state index in [2.05, 4.69) is 5.32 Å². The molecule has 0 aromatic heterocycles. The van der Waals surface area contributed by atoms with Crippen molar-refractivity contribution in [3.63, 3.8) is 0 Å². The number of carboxylic acids is 1. The van der Waals surface area contributed by atoms with E-state index in [1.807, 2.05) is 6.07 Å². The van der Waals surface area contributed by atoms with Gasteiger partial charge in [0.2, 0.25) is 5.91 Å². The van der Waals surface area contributed by atoms with Crippen molar-refractivity contribution in [2.75, 3.05) is 11.9 Å². The van der Waals surface area contributed by atoms with Crippen LogP contribution < -0.4 is 11.1 Å². The molecule has 0 saturated carbocycles. The number of aliphatic carboxylic acids is 1. The molecule has 5 nitrogen and oxygen atoms in total. The number of anilines is 1. The number of nitrogens with two attached hydrogens (primary N) is 1. The molecular weight excluding hydrogens is 232 g/mol. The summed E-state index contributed by atoms with van der Waals surface area (Å²) in [4.78, 5) is 21.9. The molecule has 0 spiro atoms. The van der Waals surface area contributed by atoms with Crippen LogP contribution in [0.4, 0.5) is 5.69 Å². The Kier molecular flexibility index (Phi) is 4.44. The third-order valence-corrected chi connectivity index (χ3v) is 2.87. The number of carbonyl (C=O) groups is 2. The number of amides is 1. The highest BCUT2D eigenvalue weighted by Crippen LogP contribution is 2.28. The Morgan fingerprint density at radius 3 is 2.61 bits per heavy atom. The molecular formula is C13H18N2O3. The molecule has 0 fully saturated rings. The highest BCUT2D eigenvalue weighted by molar-refractivity contribution is 5.88. The van der Waals surface area contributed by atoms with E-state index in [1.54, 1.807) is 25.1 Å². The van der Waals surface area contributed by atoms with Crippen molar-refractivity contribution in [2.24, 2.45) is 5.73 Å². The number of rotatable bonds is 5. The minimum absolute atomic E-state index is 0.0486. The Bertz CT molecular complexity index is 459. The van der Waals surface area contributed by atoms with Gasteiger partial charge in [-0.3, -0.25) is 9.59 Å². The maximum absolute atomic E-state index is 11.0. The summed E-state index contributed by atoms with van der Waals surface area (Å²) in [5, 5.41) is 11.6. The summed E-state index contributed by atoms with van der Waals surface area (Å²) in [5.74, 6) is -1.06. The summed E-state index contributed by atoms with van der Waals surface area (Å²) in [7, 11) is 0. The number of carbonyl (C=O) groups excluding carboxylic acids is 1. The molecule has 5 heteroatoms. The van der Waals surface area contributed by atoms with Gasteiger partial charge in [0, 0.05) is 24.6 Å². The van der Waals surface area contributed by atoms with Crippen LogP contribution in [0.3, 0.4) is 0 Å². The molecule has 0 saturated heterocycles. The van der Waals surface area contributed by atoms with Crippen molar-refractivity contribution in [3.8, 4) is 0 Å². The highest BCUT2D eigenvalue weighted by Gasteiger charge is 2.28. The molecule has 1 amide bonds. The van der Waals surface area contributed by atoms with Crippen LogP contribution >= 0.6 is 0 Å². The van der Waals surface area contributed by atoms with E-state index in [-0.39, 0.29) is 18.9 Å². The molecule has 18 heavy (non-hydrogen) atoms. The zero-order valence-corrected chi connectivity index (χ0v) is 10.6. The van der Waals surface area contributed by atoms with Gasteiger partial charge in [-0.15, -0.1) is 0 Å². The van der Waals surface area contributed by atoms with Crippen LogP contribution in [-0.4, -0.2) is 23.5 Å². The van der Waals surface area contributed by atoms with E-state index < -0.39 is 11.4 Å². The van der Waals surface area contributed by atoms with Gasteiger partial charge in [-0.1, -0.05) is 19.1 Å². The predicted octanol–water partition coefficient (Wildman–Crippen LogP) is 1.34. The summed E-state index contributed by atoms with van der Waals surface area (Å²) in [6.45, 7) is 3.45. The first-order valence-electron chi connectivity index (χ1n) is 5.67. The number of nitrogens with one attached hydrogen (secondary N) is 1. The van der Waals surface area contributed by atoms with Crippen LogP contribution in [0.15, 0.2) is 24.3 Å². The minimum Gasteiger partial charge on any atom is -0.481 e. The summed E-state index contributed by atoms with van der Waals surface area (Å²) >= 11 is 0. The van der Waals surface area contributed by atoms with Crippen molar-refractivity contribution in [1.29, 1.82) is 0 Å². The Morgan fingerprint density at radius 1 is 1.44 bits per heavy atom. The lowest BCUT2D eigenvalue weighted by molar-refractivity contribution is -0.138. The van der Waals surface area contributed by atoms with Crippen molar-refractivity contribution >= 4 is 17.6 Å². The van der Waals surface area contributed by atoms with Gasteiger partial charge in [-0.25, -0.2) is 0 Å². The fraction of sp³-hybridized carbons (Fsp3) is 0.385. The molecule has 1 rings (SSSR count). The number of benzene rings is 1. The first-order valence-corrected chi connectivity index (χ1v) is 5.67. The first kappa shape index (κ1) is 14.2. The molecule has 98 valence electrons. The molecule has 1 aromatic carbocycles. The van der Waals surface area contributed by atoms with E-state index in [0.717, 1.165) is 5.56 Å². The Morgan fingerprint density at radius 2 is 2.11 bits per heavy atom. The molecule has 0 aliphatic carbocycles. The first-order chi connectivity index (χ1) is 8.37. The SMILES string of the molecule is CC(=O)Nc1cccc(C(C)(CN)CC(=O)O)c1. The second-order valence-electron chi connectivity index (χ2n) is 4.60. The number of carboxylic acid groups (broad SMARTS) is 1. The predicted molar refractivity (Wildman–Crippen MR) is 69.4 cm³/mol. The van der Waals surface area contributed by atoms with Crippen LogP contribution in [-0.2, 0) is 15.0 Å². The Balaban J connectivity index is 3.06. The lowest BCUT2D eigenvalue weighted by Crippen LogP contribution is -2.34.